The molecule has 3 rings (SSSR count). The van der Waals surface area contributed by atoms with Gasteiger partial charge in [0.2, 0.25) is 11.8 Å². The molecule has 1 aromatic heterocycles. The Kier molecular flexibility index (Phi) is 7.87. The van der Waals surface area contributed by atoms with E-state index in [1.807, 2.05) is 24.3 Å². The van der Waals surface area contributed by atoms with Crippen LogP contribution in [0.2, 0.25) is 5.02 Å². The molecule has 2 atom stereocenters. The average molecular weight is 444 g/mol. The van der Waals surface area contributed by atoms with Crippen molar-refractivity contribution in [1.82, 2.24) is 20.5 Å². The van der Waals surface area contributed by atoms with Crippen LogP contribution in [0.15, 0.2) is 42.6 Å². The third-order valence-electron chi connectivity index (χ3n) is 5.54. The number of rotatable bonds is 8. The molecule has 2 heterocycles. The molecule has 4 N–H and O–H groups in total. The number of nitrogens with zero attached hydrogens (tertiary/aromatic N) is 2. The van der Waals surface area contributed by atoms with Gasteiger partial charge >= 0.3 is 0 Å². The van der Waals surface area contributed by atoms with Crippen molar-refractivity contribution in [1.29, 1.82) is 0 Å². The minimum Gasteiger partial charge on any atom is -0.384 e. The van der Waals surface area contributed by atoms with Crippen LogP contribution in [-0.2, 0) is 22.6 Å². The number of anilines is 1. The molecule has 1 aromatic carbocycles. The molecule has 0 bridgehead atoms. The highest BCUT2D eigenvalue weighted by molar-refractivity contribution is 6.30. The number of carbonyl (C=O) groups is 2. The number of carbonyl (C=O) groups excluding carboxylic acids is 2. The lowest BCUT2D eigenvalue weighted by Gasteiger charge is -2.29. The molecular formula is C23H30ClN5O2. The number of likely N-dealkylation sites (tertiary alicyclic amines) is 1. The predicted octanol–water partition coefficient (Wildman–Crippen LogP) is 2.53. The lowest BCUT2D eigenvalue weighted by atomic mass is 10.0. The molecular weight excluding hydrogens is 414 g/mol. The third-order valence-corrected chi connectivity index (χ3v) is 5.77. The topological polar surface area (TPSA) is 100 Å². The number of aromatic nitrogens is 1. The van der Waals surface area contributed by atoms with Gasteiger partial charge in [-0.15, -0.1) is 0 Å². The second kappa shape index (κ2) is 10.6. The first kappa shape index (κ1) is 23.0. The molecule has 0 radical (unpaired) electrons. The Morgan fingerprint density at radius 1 is 1.26 bits per heavy atom. The van der Waals surface area contributed by atoms with E-state index in [0.29, 0.717) is 23.8 Å². The summed E-state index contributed by atoms with van der Waals surface area (Å²) < 4.78 is 0. The third kappa shape index (κ3) is 6.42. The van der Waals surface area contributed by atoms with Crippen molar-refractivity contribution in [2.24, 2.45) is 0 Å². The van der Waals surface area contributed by atoms with Crippen LogP contribution in [0.1, 0.15) is 37.8 Å². The van der Waals surface area contributed by atoms with Gasteiger partial charge in [-0.05, 0) is 62.6 Å². The average Bonchev–Trinajstić information content (AvgIpc) is 3.23. The van der Waals surface area contributed by atoms with Crippen LogP contribution in [0.25, 0.3) is 0 Å². The van der Waals surface area contributed by atoms with Crippen LogP contribution in [0.4, 0.5) is 5.82 Å². The highest BCUT2D eigenvalue weighted by Crippen LogP contribution is 2.20. The van der Waals surface area contributed by atoms with Gasteiger partial charge in [0.15, 0.2) is 0 Å². The summed E-state index contributed by atoms with van der Waals surface area (Å²) in [6.07, 6.45) is 3.75. The van der Waals surface area contributed by atoms with Gasteiger partial charge in [-0.2, -0.15) is 0 Å². The number of nitrogen functional groups attached to an aromatic ring is 1. The van der Waals surface area contributed by atoms with Gasteiger partial charge in [0.1, 0.15) is 11.9 Å². The Morgan fingerprint density at radius 3 is 2.74 bits per heavy atom. The molecule has 1 saturated heterocycles. The van der Waals surface area contributed by atoms with E-state index in [2.05, 4.69) is 34.4 Å². The molecule has 2 amide bonds. The van der Waals surface area contributed by atoms with Crippen molar-refractivity contribution in [3.05, 3.63) is 58.7 Å². The zero-order valence-corrected chi connectivity index (χ0v) is 18.7. The van der Waals surface area contributed by atoms with Crippen molar-refractivity contribution in [3.63, 3.8) is 0 Å². The van der Waals surface area contributed by atoms with Crippen molar-refractivity contribution >= 4 is 29.2 Å². The Balaban J connectivity index is 1.71. The lowest BCUT2D eigenvalue weighted by Crippen LogP contribution is -2.53. The summed E-state index contributed by atoms with van der Waals surface area (Å²) >= 11 is 6.11. The highest BCUT2D eigenvalue weighted by Gasteiger charge is 2.34. The van der Waals surface area contributed by atoms with E-state index >= 15 is 0 Å². The van der Waals surface area contributed by atoms with Crippen LogP contribution >= 0.6 is 11.6 Å². The van der Waals surface area contributed by atoms with Crippen LogP contribution in [-0.4, -0.2) is 46.4 Å². The maximum Gasteiger partial charge on any atom is 0.243 e. The molecule has 31 heavy (non-hydrogen) atoms. The Morgan fingerprint density at radius 2 is 2.06 bits per heavy atom. The summed E-state index contributed by atoms with van der Waals surface area (Å²) in [5, 5.41) is 6.48. The molecule has 1 fully saturated rings. The summed E-state index contributed by atoms with van der Waals surface area (Å²) in [6.45, 7) is 5.37. The molecule has 0 saturated carbocycles. The van der Waals surface area contributed by atoms with Crippen molar-refractivity contribution in [3.8, 4) is 0 Å². The van der Waals surface area contributed by atoms with Crippen LogP contribution < -0.4 is 16.4 Å². The SMILES string of the molecule is CC(C)N1CCC[C@@H]1C(=O)N[C@@H](Cc1cccc(Cl)c1)C(=O)NCc1ccc(N)nc1. The summed E-state index contributed by atoms with van der Waals surface area (Å²) in [7, 11) is 0. The summed E-state index contributed by atoms with van der Waals surface area (Å²) in [4.78, 5) is 32.3. The standard InChI is InChI=1S/C23H30ClN5O2/c1-15(2)29-10-4-7-20(29)23(31)28-19(12-16-5-3-6-18(24)11-16)22(30)27-14-17-8-9-21(25)26-13-17/h3,5-6,8-9,11,13,15,19-20H,4,7,10,12,14H2,1-2H3,(H2,25,26)(H,27,30)(H,28,31)/t19-,20+/m0/s1. The quantitative estimate of drug-likeness (QED) is 0.582. The maximum absolute atomic E-state index is 13.1. The van der Waals surface area contributed by atoms with Gasteiger partial charge in [-0.1, -0.05) is 29.8 Å². The lowest BCUT2D eigenvalue weighted by molar-refractivity contribution is -0.131. The normalized spacial score (nSPS) is 17.5. The first-order valence-corrected chi connectivity index (χ1v) is 11.0. The van der Waals surface area contributed by atoms with Crippen molar-refractivity contribution < 1.29 is 9.59 Å². The fourth-order valence-corrected chi connectivity index (χ4v) is 4.13. The van der Waals surface area contributed by atoms with Gasteiger partial charge < -0.3 is 16.4 Å². The Hall–Kier alpha value is -2.64. The van der Waals surface area contributed by atoms with Gasteiger partial charge in [0.05, 0.1) is 6.04 Å². The van der Waals surface area contributed by atoms with Crippen molar-refractivity contribution in [2.45, 2.75) is 57.8 Å². The molecule has 0 unspecified atom stereocenters. The monoisotopic (exact) mass is 443 g/mol. The van der Waals surface area contributed by atoms with Crippen LogP contribution in [0.5, 0.6) is 0 Å². The molecule has 0 spiro atoms. The summed E-state index contributed by atoms with van der Waals surface area (Å²) in [5.41, 5.74) is 7.33. The molecule has 166 valence electrons. The van der Waals surface area contributed by atoms with E-state index in [1.165, 1.54) is 0 Å². The minimum absolute atomic E-state index is 0.109. The number of pyridine rings is 1. The number of amides is 2. The molecule has 7 nitrogen and oxygen atoms in total. The van der Waals surface area contributed by atoms with Gasteiger partial charge in [0, 0.05) is 30.2 Å². The fourth-order valence-electron chi connectivity index (χ4n) is 3.92. The van der Waals surface area contributed by atoms with E-state index in [1.54, 1.807) is 18.3 Å². The predicted molar refractivity (Wildman–Crippen MR) is 122 cm³/mol. The minimum atomic E-state index is -0.706. The van der Waals surface area contributed by atoms with E-state index < -0.39 is 6.04 Å². The van der Waals surface area contributed by atoms with Crippen LogP contribution in [0, 0.1) is 0 Å². The largest absolute Gasteiger partial charge is 0.384 e. The van der Waals surface area contributed by atoms with Gasteiger partial charge in [-0.3, -0.25) is 14.5 Å². The zero-order chi connectivity index (χ0) is 22.4. The molecule has 8 heteroatoms. The second-order valence-electron chi connectivity index (χ2n) is 8.19. The van der Waals surface area contributed by atoms with E-state index in [0.717, 1.165) is 30.5 Å². The molecule has 1 aliphatic heterocycles. The zero-order valence-electron chi connectivity index (χ0n) is 18.0. The van der Waals surface area contributed by atoms with E-state index in [4.69, 9.17) is 17.3 Å². The first-order valence-electron chi connectivity index (χ1n) is 10.6. The Bertz CT molecular complexity index is 903. The van der Waals surface area contributed by atoms with Crippen LogP contribution in [0.3, 0.4) is 0 Å². The number of hydrogen-bond donors (Lipinski definition) is 3. The molecule has 0 aliphatic carbocycles. The van der Waals surface area contributed by atoms with Crippen molar-refractivity contribution in [2.75, 3.05) is 12.3 Å². The fraction of sp³-hybridized carbons (Fsp3) is 0.435. The van der Waals surface area contributed by atoms with E-state index in [9.17, 15) is 9.59 Å². The first-order chi connectivity index (χ1) is 14.8. The maximum atomic E-state index is 13.1. The number of benzene rings is 1. The number of halogens is 1. The number of nitrogens with one attached hydrogen (secondary N) is 2. The summed E-state index contributed by atoms with van der Waals surface area (Å²) in [5.74, 6) is 0.0641. The van der Waals surface area contributed by atoms with Gasteiger partial charge in [-0.25, -0.2) is 4.98 Å². The number of hydrogen-bond acceptors (Lipinski definition) is 5. The van der Waals surface area contributed by atoms with Gasteiger partial charge in [0.25, 0.3) is 0 Å². The molecule has 1 aliphatic rings. The summed E-state index contributed by atoms with van der Waals surface area (Å²) in [6, 6.07) is 10.2. The highest BCUT2D eigenvalue weighted by atomic mass is 35.5. The molecule has 2 aromatic rings. The number of nitrogens with two attached hydrogens (primary N) is 1. The van der Waals surface area contributed by atoms with E-state index in [-0.39, 0.29) is 23.9 Å². The Labute approximate surface area is 188 Å². The smallest absolute Gasteiger partial charge is 0.243 e. The second-order valence-corrected chi connectivity index (χ2v) is 8.63.